The van der Waals surface area contributed by atoms with Crippen LogP contribution in [-0.2, 0) is 25.5 Å². The Morgan fingerprint density at radius 2 is 1.37 bits per heavy atom. The first-order chi connectivity index (χ1) is 25.9. The minimum Gasteiger partial charge on any atom is -0.474 e. The zero-order chi connectivity index (χ0) is 38.5. The van der Waals surface area contributed by atoms with Gasteiger partial charge in [-0.3, -0.25) is 24.0 Å². The van der Waals surface area contributed by atoms with Crippen molar-refractivity contribution in [3.8, 4) is 0 Å². The number of aliphatic hydroxyl groups excluding tert-OH is 1. The zero-order valence-electron chi connectivity index (χ0n) is 29.9. The van der Waals surface area contributed by atoms with E-state index in [2.05, 4.69) is 41.5 Å². The molecule has 3 aliphatic heterocycles. The molecule has 6 N–H and O–H groups in total. The lowest BCUT2D eigenvalue weighted by Crippen LogP contribution is -2.58. The summed E-state index contributed by atoms with van der Waals surface area (Å²) in [6.07, 6.45) is -1.12. The maximum Gasteiger partial charge on any atom is 0.271 e. The second-order valence-corrected chi connectivity index (χ2v) is 18.0. The van der Waals surface area contributed by atoms with E-state index in [1.807, 2.05) is 44.2 Å². The Hall–Kier alpha value is -4.04. The number of nitrogens with zero attached hydrogens (tertiary/aromatic N) is 3. The average Bonchev–Trinajstić information content (AvgIpc) is 3.90. The van der Waals surface area contributed by atoms with Gasteiger partial charge in [-0.2, -0.15) is 0 Å². The van der Waals surface area contributed by atoms with Crippen LogP contribution in [0.1, 0.15) is 82.8 Å². The number of rotatable bonds is 5. The largest absolute Gasteiger partial charge is 0.474 e. The Bertz CT molecular complexity index is 1890. The lowest BCUT2D eigenvalue weighted by atomic mass is 10.0. The lowest BCUT2D eigenvalue weighted by molar-refractivity contribution is -0.132. The summed E-state index contributed by atoms with van der Waals surface area (Å²) in [5, 5.41) is 29.1. The molecular formula is C35H42N8O7S4. The molecule has 0 spiro atoms. The number of hydrogen-bond donors (Lipinski definition) is 6. The fourth-order valence-electron chi connectivity index (χ4n) is 6.05. The molecule has 8 bridgehead atoms. The molecule has 15 nitrogen and oxygen atoms in total. The van der Waals surface area contributed by atoms with Crippen molar-refractivity contribution in [2.24, 2.45) is 10.9 Å². The summed E-state index contributed by atoms with van der Waals surface area (Å²) in [6.45, 7) is 7.07. The maximum atomic E-state index is 13.9. The van der Waals surface area contributed by atoms with Gasteiger partial charge in [-0.15, -0.1) is 22.7 Å². The number of hydrogen-bond acceptors (Lipinski definition) is 14. The van der Waals surface area contributed by atoms with Gasteiger partial charge in [0.25, 0.3) is 11.8 Å². The predicted molar refractivity (Wildman–Crippen MR) is 208 cm³/mol. The molecule has 5 heterocycles. The van der Waals surface area contributed by atoms with Gasteiger partial charge in [-0.05, 0) is 38.2 Å². The number of fused-ring (bicyclic) bond motifs is 11. The standard InChI is InChI=1S/C35H42N8O7S4/c1-16(2)10-20-34-40-23(13-51-34)29(46)39-25-15-54-53-14-24(30(47)42-26(17(3)44)31(48)36-20)38-28(45)22-12-52-35(41-22)21(11-19-8-6-5-7-9-19)37-32(49)27-18(4)50-33(25)43-27/h5-9,12-13,16-18,20-21,24-27,44H,10-11,14-15H2,1-4H3,(H,36,48)(H,37,49)(H,38,45)(H,39,46)(H,42,47). The number of carbonyl (C=O) groups is 5. The molecule has 0 saturated heterocycles. The number of aliphatic hydroxyl groups is 1. The number of amides is 5. The van der Waals surface area contributed by atoms with Crippen LogP contribution in [0.5, 0.6) is 0 Å². The van der Waals surface area contributed by atoms with Crippen molar-refractivity contribution in [3.63, 3.8) is 0 Å². The highest BCUT2D eigenvalue weighted by Crippen LogP contribution is 2.29. The first-order valence-electron chi connectivity index (χ1n) is 17.5. The van der Waals surface area contributed by atoms with Gasteiger partial charge in [0.15, 0.2) is 6.04 Å². The monoisotopic (exact) mass is 814 g/mol. The van der Waals surface area contributed by atoms with E-state index in [-0.39, 0.29) is 34.7 Å². The van der Waals surface area contributed by atoms with Crippen LogP contribution in [0, 0.1) is 5.92 Å². The molecule has 2 aromatic heterocycles. The molecule has 19 heteroatoms. The first kappa shape index (κ1) is 39.6. The number of aromatic nitrogens is 2. The quantitative estimate of drug-likeness (QED) is 0.206. The summed E-state index contributed by atoms with van der Waals surface area (Å²) in [5.41, 5.74) is 1.10. The fraction of sp³-hybridized carbons (Fsp3) is 0.486. The molecule has 0 fully saturated rings. The van der Waals surface area contributed by atoms with Crippen molar-refractivity contribution in [2.45, 2.75) is 89.0 Å². The van der Waals surface area contributed by atoms with Crippen LogP contribution in [0.4, 0.5) is 0 Å². The molecule has 8 unspecified atom stereocenters. The molecule has 54 heavy (non-hydrogen) atoms. The minimum atomic E-state index is -1.37. The second kappa shape index (κ2) is 17.6. The van der Waals surface area contributed by atoms with E-state index in [0.717, 1.165) is 5.56 Å². The van der Waals surface area contributed by atoms with E-state index in [0.29, 0.717) is 22.9 Å². The average molecular weight is 815 g/mol. The topological polar surface area (TPSA) is 213 Å². The van der Waals surface area contributed by atoms with Crippen LogP contribution in [0.2, 0.25) is 0 Å². The number of carbonyl (C=O) groups excluding carboxylic acids is 5. The maximum absolute atomic E-state index is 13.9. The zero-order valence-corrected chi connectivity index (χ0v) is 33.2. The van der Waals surface area contributed by atoms with Crippen LogP contribution in [-0.4, -0.2) is 98.4 Å². The highest BCUT2D eigenvalue weighted by Gasteiger charge is 2.39. The van der Waals surface area contributed by atoms with Crippen LogP contribution in [0.25, 0.3) is 0 Å². The van der Waals surface area contributed by atoms with E-state index in [9.17, 15) is 29.1 Å². The van der Waals surface area contributed by atoms with Crippen molar-refractivity contribution in [2.75, 3.05) is 11.5 Å². The van der Waals surface area contributed by atoms with E-state index < -0.39 is 78.0 Å². The molecular weight excluding hydrogens is 773 g/mol. The molecule has 8 atom stereocenters. The molecule has 0 saturated carbocycles. The van der Waals surface area contributed by atoms with Crippen LogP contribution >= 0.6 is 44.3 Å². The molecule has 1 aromatic carbocycles. The van der Waals surface area contributed by atoms with Crippen molar-refractivity contribution >= 4 is 79.7 Å². The van der Waals surface area contributed by atoms with Gasteiger partial charge in [0.1, 0.15) is 45.6 Å². The predicted octanol–water partition coefficient (Wildman–Crippen LogP) is 2.56. The van der Waals surface area contributed by atoms with Gasteiger partial charge < -0.3 is 36.4 Å². The molecule has 3 aromatic rings. The normalized spacial score (nSPS) is 27.6. The van der Waals surface area contributed by atoms with Crippen molar-refractivity contribution in [3.05, 3.63) is 68.1 Å². The summed E-state index contributed by atoms with van der Waals surface area (Å²) < 4.78 is 6.15. The number of nitrogens with one attached hydrogen (secondary N) is 5. The van der Waals surface area contributed by atoms with Crippen LogP contribution in [0.3, 0.4) is 0 Å². The summed E-state index contributed by atoms with van der Waals surface area (Å²) in [5.74, 6) is -2.33. The van der Waals surface area contributed by atoms with Gasteiger partial charge in [0.05, 0.1) is 18.2 Å². The Morgan fingerprint density at radius 1 is 0.778 bits per heavy atom. The second-order valence-electron chi connectivity index (χ2n) is 13.7. The molecule has 288 valence electrons. The number of aliphatic imine (C=N–C) groups is 1. The minimum absolute atomic E-state index is 0.0438. The van der Waals surface area contributed by atoms with Gasteiger partial charge in [0, 0.05) is 22.3 Å². The number of thiazole rings is 2. The third-order valence-corrected chi connectivity index (χ3v) is 13.2. The van der Waals surface area contributed by atoms with Gasteiger partial charge in [-0.1, -0.05) is 65.8 Å². The molecule has 3 aliphatic rings. The summed E-state index contributed by atoms with van der Waals surface area (Å²) in [6, 6.07) is 4.00. The van der Waals surface area contributed by atoms with Crippen LogP contribution in [0.15, 0.2) is 46.1 Å². The molecule has 0 radical (unpaired) electrons. The van der Waals surface area contributed by atoms with E-state index >= 15 is 0 Å². The van der Waals surface area contributed by atoms with Crippen molar-refractivity contribution in [1.82, 2.24) is 36.6 Å². The lowest BCUT2D eigenvalue weighted by Gasteiger charge is -2.27. The number of benzene rings is 1. The molecule has 0 aliphatic carbocycles. The Morgan fingerprint density at radius 3 is 2.00 bits per heavy atom. The molecule has 6 rings (SSSR count). The van der Waals surface area contributed by atoms with Gasteiger partial charge >= 0.3 is 0 Å². The van der Waals surface area contributed by atoms with E-state index in [1.165, 1.54) is 51.2 Å². The van der Waals surface area contributed by atoms with Gasteiger partial charge in [0.2, 0.25) is 23.6 Å². The third kappa shape index (κ3) is 9.60. The van der Waals surface area contributed by atoms with Crippen LogP contribution < -0.4 is 26.6 Å². The summed E-state index contributed by atoms with van der Waals surface area (Å²) >= 11 is 2.39. The summed E-state index contributed by atoms with van der Waals surface area (Å²) in [4.78, 5) is 82.7. The number of ether oxygens (including phenoxy) is 1. The Labute approximate surface area is 328 Å². The van der Waals surface area contributed by atoms with E-state index in [4.69, 9.17) is 4.74 Å². The highest BCUT2D eigenvalue weighted by atomic mass is 33.1. The van der Waals surface area contributed by atoms with Crippen molar-refractivity contribution in [1.29, 1.82) is 0 Å². The SMILES string of the molecule is CC(C)CC1NC(=O)C(C(C)O)NC(=O)C2CSSCC(NC(=O)c3csc1n3)C1=NC(C(=O)NC(Cc3ccccc3)c3nc(cs3)C(=O)N2)C(C)O1. The van der Waals surface area contributed by atoms with Gasteiger partial charge in [-0.25, -0.2) is 15.0 Å². The van der Waals surface area contributed by atoms with E-state index in [1.54, 1.807) is 17.7 Å². The molecule has 5 amide bonds. The highest BCUT2D eigenvalue weighted by molar-refractivity contribution is 8.76. The Kier molecular flexibility index (Phi) is 12.9. The summed E-state index contributed by atoms with van der Waals surface area (Å²) in [7, 11) is 2.53. The fourth-order valence-corrected chi connectivity index (χ4v) is 10.1. The van der Waals surface area contributed by atoms with Crippen molar-refractivity contribution < 1.29 is 33.8 Å². The smallest absolute Gasteiger partial charge is 0.271 e. The Balaban J connectivity index is 1.41. The third-order valence-electron chi connectivity index (χ3n) is 8.85. The first-order valence-corrected chi connectivity index (χ1v) is 21.8.